The zero-order valence-corrected chi connectivity index (χ0v) is 14.7. The van der Waals surface area contributed by atoms with E-state index in [1.807, 2.05) is 32.9 Å². The maximum absolute atomic E-state index is 12.5. The number of halogens is 1. The molecule has 0 aliphatic carbocycles. The Balaban J connectivity index is 2.37. The first-order valence-corrected chi connectivity index (χ1v) is 9.19. The number of aryl methyl sites for hydroxylation is 3. The van der Waals surface area contributed by atoms with Gasteiger partial charge in [-0.1, -0.05) is 45.8 Å². The summed E-state index contributed by atoms with van der Waals surface area (Å²) in [5.41, 5.74) is 4.66. The van der Waals surface area contributed by atoms with Crippen LogP contribution in [0.2, 0.25) is 0 Å². The second kappa shape index (κ2) is 6.20. The molecule has 1 N–H and O–H groups in total. The summed E-state index contributed by atoms with van der Waals surface area (Å²) in [6, 6.07) is 10.8. The molecule has 0 aliphatic heterocycles. The Kier molecular flexibility index (Phi) is 4.74. The van der Waals surface area contributed by atoms with Crippen LogP contribution in [0.25, 0.3) is 0 Å². The molecule has 0 saturated heterocycles. The van der Waals surface area contributed by atoms with E-state index in [-0.39, 0.29) is 4.90 Å². The van der Waals surface area contributed by atoms with Crippen molar-refractivity contribution >= 4 is 31.6 Å². The van der Waals surface area contributed by atoms with E-state index in [4.69, 9.17) is 0 Å². The summed E-state index contributed by atoms with van der Waals surface area (Å²) in [5.74, 6) is 0. The highest BCUT2D eigenvalue weighted by atomic mass is 79.9. The third-order valence-electron chi connectivity index (χ3n) is 3.30. The molecule has 0 unspecified atom stereocenters. The lowest BCUT2D eigenvalue weighted by Crippen LogP contribution is -2.14. The third kappa shape index (κ3) is 3.66. The van der Waals surface area contributed by atoms with Crippen molar-refractivity contribution in [3.63, 3.8) is 0 Å². The number of anilines is 1. The van der Waals surface area contributed by atoms with Crippen molar-refractivity contribution in [2.24, 2.45) is 0 Å². The molecular formula is C16H18BrNO2S. The minimum atomic E-state index is -3.56. The van der Waals surface area contributed by atoms with Gasteiger partial charge in [-0.3, -0.25) is 4.72 Å². The summed E-state index contributed by atoms with van der Waals surface area (Å²) >= 11 is 3.35. The van der Waals surface area contributed by atoms with Gasteiger partial charge in [0.15, 0.2) is 0 Å². The molecule has 0 aliphatic rings. The summed E-state index contributed by atoms with van der Waals surface area (Å²) in [6.07, 6.45) is 0. The molecule has 2 aromatic carbocycles. The van der Waals surface area contributed by atoms with Gasteiger partial charge in [0.25, 0.3) is 10.0 Å². The van der Waals surface area contributed by atoms with Crippen molar-refractivity contribution in [1.82, 2.24) is 0 Å². The molecule has 112 valence electrons. The maximum atomic E-state index is 12.5. The first-order chi connectivity index (χ1) is 9.83. The summed E-state index contributed by atoms with van der Waals surface area (Å²) in [5, 5.41) is 0.705. The van der Waals surface area contributed by atoms with Crippen LogP contribution < -0.4 is 4.72 Å². The summed E-state index contributed by atoms with van der Waals surface area (Å²) in [7, 11) is -3.56. The second-order valence-electron chi connectivity index (χ2n) is 5.16. The lowest BCUT2D eigenvalue weighted by atomic mass is 10.1. The molecule has 0 fully saturated rings. The molecule has 2 aromatic rings. The van der Waals surface area contributed by atoms with E-state index in [1.54, 1.807) is 24.3 Å². The van der Waals surface area contributed by atoms with Gasteiger partial charge in [-0.25, -0.2) is 8.42 Å². The molecule has 3 nitrogen and oxygen atoms in total. The largest absolute Gasteiger partial charge is 0.279 e. The predicted octanol–water partition coefficient (Wildman–Crippen LogP) is 4.31. The number of hydrogen-bond acceptors (Lipinski definition) is 2. The van der Waals surface area contributed by atoms with Crippen molar-refractivity contribution in [3.05, 3.63) is 58.7 Å². The Morgan fingerprint density at radius 3 is 2.00 bits per heavy atom. The Hall–Kier alpha value is -1.33. The first-order valence-electron chi connectivity index (χ1n) is 6.59. The molecule has 5 heteroatoms. The van der Waals surface area contributed by atoms with E-state index in [9.17, 15) is 8.42 Å². The molecular weight excluding hydrogens is 350 g/mol. The number of benzene rings is 2. The Morgan fingerprint density at radius 2 is 1.52 bits per heavy atom. The molecule has 0 bridgehead atoms. The van der Waals surface area contributed by atoms with Gasteiger partial charge in [0.05, 0.1) is 10.6 Å². The van der Waals surface area contributed by atoms with Crippen molar-refractivity contribution in [2.75, 3.05) is 4.72 Å². The summed E-state index contributed by atoms with van der Waals surface area (Å²) in [4.78, 5) is 0.270. The summed E-state index contributed by atoms with van der Waals surface area (Å²) in [6.45, 7) is 5.81. The molecule has 0 radical (unpaired) electrons. The highest BCUT2D eigenvalue weighted by molar-refractivity contribution is 9.08. The number of nitrogens with one attached hydrogen (secondary N) is 1. The van der Waals surface area contributed by atoms with E-state index in [0.717, 1.165) is 22.3 Å². The number of rotatable bonds is 4. The topological polar surface area (TPSA) is 46.2 Å². The van der Waals surface area contributed by atoms with Gasteiger partial charge < -0.3 is 0 Å². The lowest BCUT2D eigenvalue weighted by molar-refractivity contribution is 0.601. The summed E-state index contributed by atoms with van der Waals surface area (Å²) < 4.78 is 27.6. The van der Waals surface area contributed by atoms with Crippen LogP contribution in [0.1, 0.15) is 22.3 Å². The fraction of sp³-hybridized carbons (Fsp3) is 0.250. The molecule has 0 amide bonds. The molecule has 0 aromatic heterocycles. The minimum absolute atomic E-state index is 0.270. The molecule has 0 saturated carbocycles. The van der Waals surface area contributed by atoms with Gasteiger partial charge in [0.1, 0.15) is 0 Å². The molecule has 0 heterocycles. The zero-order chi connectivity index (χ0) is 15.6. The first kappa shape index (κ1) is 16.0. The molecule has 21 heavy (non-hydrogen) atoms. The van der Waals surface area contributed by atoms with Gasteiger partial charge in [0, 0.05) is 5.33 Å². The van der Waals surface area contributed by atoms with Crippen LogP contribution in [0.5, 0.6) is 0 Å². The molecule has 2 rings (SSSR count). The number of alkyl halides is 1. The van der Waals surface area contributed by atoms with E-state index in [2.05, 4.69) is 20.7 Å². The highest BCUT2D eigenvalue weighted by Gasteiger charge is 2.16. The monoisotopic (exact) mass is 367 g/mol. The third-order valence-corrected chi connectivity index (χ3v) is 5.31. The number of hydrogen-bond donors (Lipinski definition) is 1. The van der Waals surface area contributed by atoms with Gasteiger partial charge in [-0.15, -0.1) is 0 Å². The van der Waals surface area contributed by atoms with Crippen LogP contribution in [-0.2, 0) is 15.4 Å². The van der Waals surface area contributed by atoms with Crippen LogP contribution >= 0.6 is 15.9 Å². The van der Waals surface area contributed by atoms with Crippen LogP contribution in [0.4, 0.5) is 5.69 Å². The van der Waals surface area contributed by atoms with Crippen molar-refractivity contribution in [2.45, 2.75) is 31.0 Å². The van der Waals surface area contributed by atoms with Gasteiger partial charge in [-0.05, 0) is 49.6 Å². The van der Waals surface area contributed by atoms with Crippen LogP contribution in [-0.4, -0.2) is 8.42 Å². The maximum Gasteiger partial charge on any atom is 0.261 e. The van der Waals surface area contributed by atoms with Crippen LogP contribution in [0.3, 0.4) is 0 Å². The van der Waals surface area contributed by atoms with Gasteiger partial charge in [-0.2, -0.15) is 0 Å². The van der Waals surface area contributed by atoms with Crippen molar-refractivity contribution in [3.8, 4) is 0 Å². The Bertz CT molecular complexity index is 729. The van der Waals surface area contributed by atoms with Crippen LogP contribution in [0.15, 0.2) is 41.3 Å². The van der Waals surface area contributed by atoms with Gasteiger partial charge in [0.2, 0.25) is 0 Å². The predicted molar refractivity (Wildman–Crippen MR) is 90.5 cm³/mol. The standard InChI is InChI=1S/C16H18BrNO2S/c1-11-8-12(2)16(13(3)9-11)18-21(19,20)15-6-4-14(10-17)5-7-15/h4-9,18H,10H2,1-3H3. The average molecular weight is 368 g/mol. The zero-order valence-electron chi connectivity index (χ0n) is 12.3. The fourth-order valence-corrected chi connectivity index (χ4v) is 3.87. The minimum Gasteiger partial charge on any atom is -0.279 e. The quantitative estimate of drug-likeness (QED) is 0.818. The Morgan fingerprint density at radius 1 is 1.00 bits per heavy atom. The SMILES string of the molecule is Cc1cc(C)c(NS(=O)(=O)c2ccc(CBr)cc2)c(C)c1. The normalized spacial score (nSPS) is 11.4. The van der Waals surface area contributed by atoms with Crippen LogP contribution in [0, 0.1) is 20.8 Å². The van der Waals surface area contributed by atoms with Crippen molar-refractivity contribution < 1.29 is 8.42 Å². The highest BCUT2D eigenvalue weighted by Crippen LogP contribution is 2.25. The van der Waals surface area contributed by atoms with E-state index in [0.29, 0.717) is 11.0 Å². The molecule has 0 spiro atoms. The van der Waals surface area contributed by atoms with E-state index >= 15 is 0 Å². The molecule has 0 atom stereocenters. The van der Waals surface area contributed by atoms with Gasteiger partial charge >= 0.3 is 0 Å². The van der Waals surface area contributed by atoms with E-state index in [1.165, 1.54) is 0 Å². The average Bonchev–Trinajstić information content (AvgIpc) is 2.43. The smallest absolute Gasteiger partial charge is 0.261 e. The fourth-order valence-electron chi connectivity index (χ4n) is 2.29. The van der Waals surface area contributed by atoms with E-state index < -0.39 is 10.0 Å². The Labute approximate surface area is 134 Å². The second-order valence-corrected chi connectivity index (χ2v) is 7.40. The lowest BCUT2D eigenvalue weighted by Gasteiger charge is -2.14. The number of sulfonamides is 1. The van der Waals surface area contributed by atoms with Crippen molar-refractivity contribution in [1.29, 1.82) is 0 Å².